The minimum absolute atomic E-state index is 0.260. The van der Waals surface area contributed by atoms with Gasteiger partial charge in [0.25, 0.3) is 5.56 Å². The highest BCUT2D eigenvalue weighted by molar-refractivity contribution is 6.30. The number of aliphatic imine (C=N–C) groups is 1. The molecule has 0 aliphatic carbocycles. The van der Waals surface area contributed by atoms with Crippen molar-refractivity contribution in [2.24, 2.45) is 4.99 Å². The van der Waals surface area contributed by atoms with E-state index < -0.39 is 0 Å². The smallest absolute Gasteiger partial charge is 0.267 e. The van der Waals surface area contributed by atoms with E-state index in [9.17, 15) is 9.90 Å². The van der Waals surface area contributed by atoms with Crippen molar-refractivity contribution in [3.8, 4) is 11.7 Å². The Balaban J connectivity index is 1.98. The molecule has 7 nitrogen and oxygen atoms in total. The topological polar surface area (TPSA) is 96.2 Å². The van der Waals surface area contributed by atoms with Crippen LogP contribution in [0.15, 0.2) is 58.4 Å². The monoisotopic (exact) mass is 379 g/mol. The van der Waals surface area contributed by atoms with E-state index in [0.29, 0.717) is 27.2 Å². The van der Waals surface area contributed by atoms with Crippen LogP contribution in [0.25, 0.3) is 16.6 Å². The van der Waals surface area contributed by atoms with E-state index in [1.54, 1.807) is 42.5 Å². The molecule has 4 rings (SSSR count). The molecule has 134 valence electrons. The van der Waals surface area contributed by atoms with Gasteiger partial charge in [0.05, 0.1) is 10.6 Å². The maximum atomic E-state index is 12.9. The van der Waals surface area contributed by atoms with Gasteiger partial charge in [-0.25, -0.2) is 14.5 Å². The fraction of sp³-hybridized carbons (Fsp3) is 0.0526. The molecule has 4 aromatic rings. The van der Waals surface area contributed by atoms with E-state index in [1.165, 1.54) is 12.4 Å². The highest BCUT2D eigenvalue weighted by Gasteiger charge is 2.17. The van der Waals surface area contributed by atoms with Crippen molar-refractivity contribution < 1.29 is 5.11 Å². The normalized spacial score (nSPS) is 11.5. The molecule has 0 unspecified atom stereocenters. The molecule has 3 aromatic heterocycles. The van der Waals surface area contributed by atoms with Crippen molar-refractivity contribution in [3.63, 3.8) is 0 Å². The largest absolute Gasteiger partial charge is 0.494 e. The number of rotatable bonds is 3. The fourth-order valence-corrected chi connectivity index (χ4v) is 2.91. The summed E-state index contributed by atoms with van der Waals surface area (Å²) in [4.78, 5) is 21.4. The number of aromatic nitrogens is 4. The summed E-state index contributed by atoms with van der Waals surface area (Å²) in [6.07, 6.45) is 2.90. The summed E-state index contributed by atoms with van der Waals surface area (Å²) < 4.78 is 1.13. The third-order valence-electron chi connectivity index (χ3n) is 4.06. The number of aryl methyl sites for hydroxylation is 1. The minimum Gasteiger partial charge on any atom is -0.494 e. The van der Waals surface area contributed by atoms with Gasteiger partial charge in [-0.2, -0.15) is 5.10 Å². The van der Waals surface area contributed by atoms with Crippen LogP contribution in [0.5, 0.6) is 5.88 Å². The maximum Gasteiger partial charge on any atom is 0.267 e. The summed E-state index contributed by atoms with van der Waals surface area (Å²) in [6, 6.07) is 11.9. The first kappa shape index (κ1) is 17.0. The molecule has 0 saturated carbocycles. The van der Waals surface area contributed by atoms with Gasteiger partial charge in [0.1, 0.15) is 5.82 Å². The Labute approximate surface area is 158 Å². The standard InChI is InChI=1S/C19H14ClN5O2/c1-11-8-16(24-23-11)21-10-15-13-4-2-3-5-14(13)18(26)25(19(15)27)17-7-6-12(20)9-22-17/h2-10,27H,1H3,(H,23,24). The lowest BCUT2D eigenvalue weighted by Crippen LogP contribution is -2.21. The number of hydrogen-bond acceptors (Lipinski definition) is 5. The van der Waals surface area contributed by atoms with E-state index in [0.717, 1.165) is 10.3 Å². The number of fused-ring (bicyclic) bond motifs is 1. The van der Waals surface area contributed by atoms with Gasteiger partial charge >= 0.3 is 0 Å². The molecule has 0 fully saturated rings. The first-order valence-corrected chi connectivity index (χ1v) is 8.47. The van der Waals surface area contributed by atoms with Gasteiger partial charge in [-0.3, -0.25) is 9.89 Å². The number of hydrogen-bond donors (Lipinski definition) is 2. The molecule has 0 spiro atoms. The van der Waals surface area contributed by atoms with E-state index in [2.05, 4.69) is 20.2 Å². The van der Waals surface area contributed by atoms with Crippen LogP contribution in [0.4, 0.5) is 5.82 Å². The SMILES string of the molecule is Cc1cc(N=Cc2c(O)n(-c3ccc(Cl)cn3)c(=O)c3ccccc23)n[nH]1. The molecule has 1 aromatic carbocycles. The first-order chi connectivity index (χ1) is 13.0. The van der Waals surface area contributed by atoms with Crippen LogP contribution in [0.3, 0.4) is 0 Å². The number of aromatic hydroxyl groups is 1. The molecule has 0 aliphatic rings. The Morgan fingerprint density at radius 1 is 1.22 bits per heavy atom. The molecule has 3 heterocycles. The van der Waals surface area contributed by atoms with Crippen LogP contribution in [-0.2, 0) is 0 Å². The Bertz CT molecular complexity index is 1230. The fourth-order valence-electron chi connectivity index (χ4n) is 2.80. The van der Waals surface area contributed by atoms with Gasteiger partial charge in [0.2, 0.25) is 5.88 Å². The molecule has 0 atom stereocenters. The van der Waals surface area contributed by atoms with Crippen molar-refractivity contribution >= 4 is 34.4 Å². The van der Waals surface area contributed by atoms with E-state index >= 15 is 0 Å². The van der Waals surface area contributed by atoms with Crippen molar-refractivity contribution in [2.45, 2.75) is 6.92 Å². The van der Waals surface area contributed by atoms with Gasteiger partial charge in [0.15, 0.2) is 5.82 Å². The molecule has 0 saturated heterocycles. The summed E-state index contributed by atoms with van der Waals surface area (Å²) in [7, 11) is 0. The van der Waals surface area contributed by atoms with E-state index in [4.69, 9.17) is 11.6 Å². The number of halogens is 1. The average molecular weight is 380 g/mol. The predicted octanol–water partition coefficient (Wildman–Crippen LogP) is 3.53. The van der Waals surface area contributed by atoms with Crippen LogP contribution in [0.2, 0.25) is 5.02 Å². The lowest BCUT2D eigenvalue weighted by molar-refractivity contribution is 0.435. The molecule has 27 heavy (non-hydrogen) atoms. The van der Waals surface area contributed by atoms with Crippen LogP contribution in [0.1, 0.15) is 11.3 Å². The lowest BCUT2D eigenvalue weighted by Gasteiger charge is -2.12. The van der Waals surface area contributed by atoms with E-state index in [-0.39, 0.29) is 17.3 Å². The molecule has 0 amide bonds. The lowest BCUT2D eigenvalue weighted by atomic mass is 10.1. The van der Waals surface area contributed by atoms with Gasteiger partial charge in [-0.15, -0.1) is 0 Å². The summed E-state index contributed by atoms with van der Waals surface area (Å²) in [5, 5.41) is 19.2. The Morgan fingerprint density at radius 2 is 2.00 bits per heavy atom. The Kier molecular flexibility index (Phi) is 4.21. The molecule has 0 aliphatic heterocycles. The molecule has 0 radical (unpaired) electrons. The zero-order valence-electron chi connectivity index (χ0n) is 14.2. The second kappa shape index (κ2) is 6.69. The molecular weight excluding hydrogens is 366 g/mol. The highest BCUT2D eigenvalue weighted by Crippen LogP contribution is 2.26. The predicted molar refractivity (Wildman–Crippen MR) is 105 cm³/mol. The first-order valence-electron chi connectivity index (χ1n) is 8.09. The number of pyridine rings is 2. The van der Waals surface area contributed by atoms with Crippen LogP contribution in [-0.4, -0.2) is 31.1 Å². The van der Waals surface area contributed by atoms with Gasteiger partial charge < -0.3 is 5.11 Å². The van der Waals surface area contributed by atoms with Crippen molar-refractivity contribution in [3.05, 3.63) is 75.3 Å². The zero-order chi connectivity index (χ0) is 19.0. The summed E-state index contributed by atoms with van der Waals surface area (Å²) in [5.41, 5.74) is 0.875. The van der Waals surface area contributed by atoms with Crippen molar-refractivity contribution in [2.75, 3.05) is 0 Å². The van der Waals surface area contributed by atoms with Crippen LogP contribution >= 0.6 is 11.6 Å². The van der Waals surface area contributed by atoms with Crippen molar-refractivity contribution in [1.82, 2.24) is 19.7 Å². The quantitative estimate of drug-likeness (QED) is 0.532. The van der Waals surface area contributed by atoms with E-state index in [1.807, 2.05) is 6.92 Å². The van der Waals surface area contributed by atoms with Crippen molar-refractivity contribution in [1.29, 1.82) is 0 Å². The van der Waals surface area contributed by atoms with Gasteiger partial charge in [0, 0.05) is 34.9 Å². The van der Waals surface area contributed by atoms with Gasteiger partial charge in [-0.1, -0.05) is 29.8 Å². The summed E-state index contributed by atoms with van der Waals surface area (Å²) in [6.45, 7) is 1.87. The maximum absolute atomic E-state index is 12.9. The second-order valence-electron chi connectivity index (χ2n) is 5.93. The minimum atomic E-state index is -0.384. The Morgan fingerprint density at radius 3 is 2.67 bits per heavy atom. The Hall–Kier alpha value is -3.45. The number of benzene rings is 1. The third kappa shape index (κ3) is 3.09. The van der Waals surface area contributed by atoms with Crippen LogP contribution < -0.4 is 5.56 Å². The number of nitrogens with one attached hydrogen (secondary N) is 1. The zero-order valence-corrected chi connectivity index (χ0v) is 15.0. The summed E-state index contributed by atoms with van der Waals surface area (Å²) >= 11 is 5.88. The molecule has 0 bridgehead atoms. The molecular formula is C19H14ClN5O2. The summed E-state index contributed by atoms with van der Waals surface area (Å²) in [5.74, 6) is 0.473. The number of aromatic amines is 1. The number of nitrogens with zero attached hydrogens (tertiary/aromatic N) is 4. The average Bonchev–Trinajstić information content (AvgIpc) is 3.08. The number of H-pyrrole nitrogens is 1. The molecule has 2 N–H and O–H groups in total. The van der Waals surface area contributed by atoms with Gasteiger partial charge in [-0.05, 0) is 25.1 Å². The molecule has 8 heteroatoms. The van der Waals surface area contributed by atoms with Crippen LogP contribution in [0, 0.1) is 6.92 Å². The third-order valence-corrected chi connectivity index (χ3v) is 4.29. The second-order valence-corrected chi connectivity index (χ2v) is 6.36. The highest BCUT2D eigenvalue weighted by atomic mass is 35.5.